The van der Waals surface area contributed by atoms with Crippen molar-refractivity contribution in [3.63, 3.8) is 0 Å². The van der Waals surface area contributed by atoms with Crippen LogP contribution in [0.3, 0.4) is 0 Å². The molecule has 1 aromatic carbocycles. The third-order valence-electron chi connectivity index (χ3n) is 3.65. The highest BCUT2D eigenvalue weighted by atomic mass is 19.4. The van der Waals surface area contributed by atoms with Crippen LogP contribution in [0.2, 0.25) is 0 Å². The first kappa shape index (κ1) is 15.6. The second-order valence-corrected chi connectivity index (χ2v) is 4.98. The number of piperidine rings is 1. The first-order valence-electron chi connectivity index (χ1n) is 6.57. The van der Waals surface area contributed by atoms with E-state index in [-0.39, 0.29) is 18.3 Å². The topological polar surface area (TPSA) is 66.6 Å². The van der Waals surface area contributed by atoms with E-state index in [1.165, 1.54) is 0 Å². The molecule has 0 spiro atoms. The number of nitro benzene ring substituents is 1. The maximum atomic E-state index is 12.7. The fourth-order valence-corrected chi connectivity index (χ4v) is 2.60. The van der Waals surface area contributed by atoms with E-state index in [1.54, 1.807) is 4.90 Å². The number of halogens is 3. The molecule has 1 aliphatic heterocycles. The maximum Gasteiger partial charge on any atom is 0.416 e. The highest BCUT2D eigenvalue weighted by Crippen LogP contribution is 2.38. The zero-order chi connectivity index (χ0) is 15.6. The lowest BCUT2D eigenvalue weighted by molar-refractivity contribution is -0.384. The number of alkyl halides is 3. The van der Waals surface area contributed by atoms with Crippen molar-refractivity contribution in [2.75, 3.05) is 18.1 Å². The van der Waals surface area contributed by atoms with Crippen molar-refractivity contribution in [1.29, 1.82) is 0 Å². The van der Waals surface area contributed by atoms with Crippen LogP contribution in [0, 0.1) is 10.1 Å². The molecule has 0 aliphatic carbocycles. The lowest BCUT2D eigenvalue weighted by Crippen LogP contribution is -2.42. The van der Waals surface area contributed by atoms with Crippen LogP contribution in [-0.2, 0) is 6.18 Å². The molecule has 116 valence electrons. The van der Waals surface area contributed by atoms with Gasteiger partial charge in [-0.1, -0.05) is 0 Å². The van der Waals surface area contributed by atoms with Crippen LogP contribution in [0.25, 0.3) is 0 Å². The van der Waals surface area contributed by atoms with E-state index in [0.29, 0.717) is 19.0 Å². The number of anilines is 1. The van der Waals surface area contributed by atoms with Gasteiger partial charge in [0.1, 0.15) is 5.69 Å². The molecule has 5 nitrogen and oxygen atoms in total. The quantitative estimate of drug-likeness (QED) is 0.688. The van der Waals surface area contributed by atoms with Crippen LogP contribution in [0.5, 0.6) is 0 Å². The summed E-state index contributed by atoms with van der Waals surface area (Å²) >= 11 is 0. The molecule has 1 saturated heterocycles. The Bertz CT molecular complexity index is 534. The third kappa shape index (κ3) is 3.26. The van der Waals surface area contributed by atoms with Gasteiger partial charge >= 0.3 is 6.18 Å². The Morgan fingerprint density at radius 1 is 1.38 bits per heavy atom. The van der Waals surface area contributed by atoms with Crippen molar-refractivity contribution in [3.8, 4) is 0 Å². The van der Waals surface area contributed by atoms with Crippen molar-refractivity contribution in [2.24, 2.45) is 0 Å². The van der Waals surface area contributed by atoms with Gasteiger partial charge in [-0.25, -0.2) is 0 Å². The maximum absolute atomic E-state index is 12.7. The number of benzene rings is 1. The van der Waals surface area contributed by atoms with E-state index in [9.17, 15) is 28.4 Å². The summed E-state index contributed by atoms with van der Waals surface area (Å²) in [6.45, 7) is 0.301. The predicted molar refractivity (Wildman–Crippen MR) is 70.2 cm³/mol. The molecule has 1 aliphatic rings. The molecule has 21 heavy (non-hydrogen) atoms. The summed E-state index contributed by atoms with van der Waals surface area (Å²) in [5, 5.41) is 20.4. The minimum Gasteiger partial charge on any atom is -0.394 e. The Kier molecular flexibility index (Phi) is 4.36. The van der Waals surface area contributed by atoms with Gasteiger partial charge in [0.25, 0.3) is 5.69 Å². The monoisotopic (exact) mass is 304 g/mol. The first-order valence-corrected chi connectivity index (χ1v) is 6.57. The highest BCUT2D eigenvalue weighted by molar-refractivity contribution is 5.65. The van der Waals surface area contributed by atoms with Gasteiger partial charge in [0.05, 0.1) is 23.1 Å². The highest BCUT2D eigenvalue weighted by Gasteiger charge is 2.35. The molecule has 8 heteroatoms. The third-order valence-corrected chi connectivity index (χ3v) is 3.65. The minimum absolute atomic E-state index is 0.131. The molecule has 1 aromatic rings. The normalized spacial score (nSPS) is 19.6. The van der Waals surface area contributed by atoms with Gasteiger partial charge in [-0.05, 0) is 31.4 Å². The number of aliphatic hydroxyl groups is 1. The molecule has 1 heterocycles. The van der Waals surface area contributed by atoms with Crippen molar-refractivity contribution in [3.05, 3.63) is 33.9 Å². The zero-order valence-electron chi connectivity index (χ0n) is 11.1. The van der Waals surface area contributed by atoms with Crippen molar-refractivity contribution in [2.45, 2.75) is 31.5 Å². The summed E-state index contributed by atoms with van der Waals surface area (Å²) in [5.41, 5.74) is -1.49. The average molecular weight is 304 g/mol. The Balaban J connectivity index is 2.45. The summed E-state index contributed by atoms with van der Waals surface area (Å²) < 4.78 is 38.0. The Morgan fingerprint density at radius 3 is 2.67 bits per heavy atom. The lowest BCUT2D eigenvalue weighted by Gasteiger charge is -2.36. The summed E-state index contributed by atoms with van der Waals surface area (Å²) in [5.74, 6) is 0. The van der Waals surface area contributed by atoms with Gasteiger partial charge in [0.2, 0.25) is 0 Å². The smallest absolute Gasteiger partial charge is 0.394 e. The number of aliphatic hydroxyl groups excluding tert-OH is 1. The molecule has 1 unspecified atom stereocenters. The molecular formula is C13H15F3N2O3. The Hall–Kier alpha value is -1.83. The molecule has 1 fully saturated rings. The number of nitro groups is 1. The van der Waals surface area contributed by atoms with Crippen molar-refractivity contribution in [1.82, 2.24) is 0 Å². The Labute approximate surface area is 119 Å². The molecule has 0 saturated carbocycles. The van der Waals surface area contributed by atoms with E-state index in [4.69, 9.17) is 0 Å². The van der Waals surface area contributed by atoms with E-state index in [0.717, 1.165) is 25.0 Å². The fraction of sp³-hybridized carbons (Fsp3) is 0.538. The van der Waals surface area contributed by atoms with Gasteiger partial charge in [-0.2, -0.15) is 13.2 Å². The number of hydrogen-bond acceptors (Lipinski definition) is 4. The van der Waals surface area contributed by atoms with Crippen molar-refractivity contribution < 1.29 is 23.2 Å². The van der Waals surface area contributed by atoms with Crippen LogP contribution < -0.4 is 4.90 Å². The zero-order valence-corrected chi connectivity index (χ0v) is 11.1. The molecule has 1 N–H and O–H groups in total. The molecule has 1 atom stereocenters. The van der Waals surface area contributed by atoms with E-state index < -0.39 is 22.4 Å². The predicted octanol–water partition coefficient (Wildman–Crippen LogP) is 2.96. The van der Waals surface area contributed by atoms with E-state index in [1.807, 2.05) is 0 Å². The number of hydrogen-bond donors (Lipinski definition) is 1. The number of nitrogens with zero attached hydrogens (tertiary/aromatic N) is 2. The van der Waals surface area contributed by atoms with Crippen LogP contribution in [0.15, 0.2) is 18.2 Å². The summed E-state index contributed by atoms with van der Waals surface area (Å²) in [6, 6.07) is 2.22. The minimum atomic E-state index is -4.62. The number of rotatable bonds is 3. The van der Waals surface area contributed by atoms with Crippen LogP contribution >= 0.6 is 0 Å². The molecule has 0 aromatic heterocycles. The SMILES string of the molecule is O=[N+]([O-])c1cc(C(F)(F)F)ccc1N1CCCCC1CO. The molecule has 0 bridgehead atoms. The lowest BCUT2D eigenvalue weighted by atomic mass is 10.0. The molecular weight excluding hydrogens is 289 g/mol. The molecule has 2 rings (SSSR count). The van der Waals surface area contributed by atoms with Gasteiger partial charge in [-0.15, -0.1) is 0 Å². The van der Waals surface area contributed by atoms with Gasteiger partial charge in [0, 0.05) is 12.6 Å². The molecule has 0 radical (unpaired) electrons. The second-order valence-electron chi connectivity index (χ2n) is 4.98. The Morgan fingerprint density at radius 2 is 2.10 bits per heavy atom. The van der Waals surface area contributed by atoms with Crippen LogP contribution in [-0.4, -0.2) is 29.2 Å². The fourth-order valence-electron chi connectivity index (χ4n) is 2.60. The van der Waals surface area contributed by atoms with E-state index >= 15 is 0 Å². The van der Waals surface area contributed by atoms with E-state index in [2.05, 4.69) is 0 Å². The van der Waals surface area contributed by atoms with Gasteiger partial charge in [-0.3, -0.25) is 10.1 Å². The summed E-state index contributed by atoms with van der Waals surface area (Å²) in [6.07, 6.45) is -2.29. The average Bonchev–Trinajstić information content (AvgIpc) is 2.45. The largest absolute Gasteiger partial charge is 0.416 e. The van der Waals surface area contributed by atoms with Crippen LogP contribution in [0.4, 0.5) is 24.5 Å². The second kappa shape index (κ2) is 5.88. The summed E-state index contributed by atoms with van der Waals surface area (Å²) in [7, 11) is 0. The van der Waals surface area contributed by atoms with Gasteiger partial charge in [0.15, 0.2) is 0 Å². The molecule has 0 amide bonds. The summed E-state index contributed by atoms with van der Waals surface area (Å²) in [4.78, 5) is 11.9. The first-order chi connectivity index (χ1) is 9.84. The van der Waals surface area contributed by atoms with Gasteiger partial charge < -0.3 is 10.0 Å². The van der Waals surface area contributed by atoms with Crippen LogP contribution in [0.1, 0.15) is 24.8 Å². The standard InChI is InChI=1S/C13H15F3N2O3/c14-13(15,16)9-4-5-11(12(7-9)18(20)21)17-6-2-1-3-10(17)8-19/h4-5,7,10,19H,1-3,6,8H2. The van der Waals surface area contributed by atoms with Crippen molar-refractivity contribution >= 4 is 11.4 Å².